The molecule has 15 heteroatoms. The molecule has 7 aromatic rings. The molecular formula is C45H40N8O5S2. The van der Waals surface area contributed by atoms with Crippen molar-refractivity contribution in [2.45, 2.75) is 58.0 Å². The molecule has 302 valence electrons. The fourth-order valence-electron chi connectivity index (χ4n) is 7.44. The molecule has 4 aromatic carbocycles. The zero-order valence-electron chi connectivity index (χ0n) is 33.5. The molecular weight excluding hydrogens is 797 g/mol. The number of anilines is 1. The first-order valence-corrected chi connectivity index (χ1v) is 21.5. The van der Waals surface area contributed by atoms with Crippen molar-refractivity contribution in [1.82, 2.24) is 25.1 Å². The number of nitrogens with one attached hydrogen (secondary N) is 3. The van der Waals surface area contributed by atoms with Gasteiger partial charge in [-0.25, -0.2) is 8.42 Å². The summed E-state index contributed by atoms with van der Waals surface area (Å²) >= 11 is 1.68. The van der Waals surface area contributed by atoms with Gasteiger partial charge >= 0.3 is 5.97 Å². The molecule has 3 N–H and O–H groups in total. The third kappa shape index (κ3) is 7.47. The lowest BCUT2D eigenvalue weighted by Gasteiger charge is -2.13. The Morgan fingerprint density at radius 1 is 0.917 bits per heavy atom. The number of ether oxygens (including phenoxy) is 1. The molecule has 1 aliphatic rings. The first kappa shape index (κ1) is 39.9. The van der Waals surface area contributed by atoms with Crippen molar-refractivity contribution in [3.05, 3.63) is 147 Å². The number of nitrogens with zero attached hydrogens (tertiary/aromatic N) is 5. The van der Waals surface area contributed by atoms with Crippen LogP contribution in [0.25, 0.3) is 27.0 Å². The summed E-state index contributed by atoms with van der Waals surface area (Å²) in [5, 5.41) is 22.9. The fourth-order valence-corrected chi connectivity index (χ4v) is 9.73. The quantitative estimate of drug-likeness (QED) is 0.109. The normalized spacial score (nSPS) is 13.5. The van der Waals surface area contributed by atoms with Crippen LogP contribution in [0.1, 0.15) is 79.1 Å². The second kappa shape index (κ2) is 16.0. The highest BCUT2D eigenvalue weighted by Gasteiger charge is 2.31. The van der Waals surface area contributed by atoms with Crippen LogP contribution >= 0.6 is 11.3 Å². The molecule has 0 saturated heterocycles. The zero-order valence-corrected chi connectivity index (χ0v) is 35.1. The van der Waals surface area contributed by atoms with Gasteiger partial charge in [-0.1, -0.05) is 54.6 Å². The van der Waals surface area contributed by atoms with Gasteiger partial charge in [0.25, 0.3) is 15.9 Å². The van der Waals surface area contributed by atoms with E-state index in [0.29, 0.717) is 40.0 Å². The number of H-pyrrole nitrogens is 1. The second-order valence-electron chi connectivity index (χ2n) is 14.6. The van der Waals surface area contributed by atoms with E-state index >= 15 is 0 Å². The van der Waals surface area contributed by atoms with E-state index in [1.165, 1.54) is 24.1 Å². The molecule has 0 bridgehead atoms. The SMILES string of the molecule is COC(=O)CC[C@@H]1N=C(c2ccc(-c3ccc(C(=O)NCc4ccc(S(=O)(=O)Nc5ccc(C)c6c(C#N)c[nH]c56)cc4)cc3)cc2)c2c(sc(C)c2C)-n2c(C)nnc21. The highest BCUT2D eigenvalue weighted by Crippen LogP contribution is 2.40. The largest absolute Gasteiger partial charge is 0.469 e. The topological polar surface area (TPSA) is 184 Å². The number of carbonyl (C=O) groups is 2. The molecule has 60 heavy (non-hydrogen) atoms. The molecule has 0 spiro atoms. The molecule has 0 aliphatic carbocycles. The van der Waals surface area contributed by atoms with Crippen molar-refractivity contribution in [3.8, 4) is 22.2 Å². The number of aliphatic imine (C=N–C) groups is 1. The number of sulfonamides is 1. The number of carbonyl (C=O) groups excluding carboxylic acids is 2. The predicted octanol–water partition coefficient (Wildman–Crippen LogP) is 8.16. The Bertz CT molecular complexity index is 2990. The van der Waals surface area contributed by atoms with Crippen LogP contribution in [0.4, 0.5) is 5.69 Å². The van der Waals surface area contributed by atoms with E-state index in [4.69, 9.17) is 9.73 Å². The maximum Gasteiger partial charge on any atom is 0.305 e. The van der Waals surface area contributed by atoms with E-state index in [9.17, 15) is 23.3 Å². The van der Waals surface area contributed by atoms with Crippen LogP contribution in [0.5, 0.6) is 0 Å². The Hall–Kier alpha value is -6.89. The van der Waals surface area contributed by atoms with Crippen LogP contribution in [-0.2, 0) is 26.1 Å². The Morgan fingerprint density at radius 2 is 1.60 bits per heavy atom. The van der Waals surface area contributed by atoms with Crippen LogP contribution in [0.2, 0.25) is 0 Å². The summed E-state index contributed by atoms with van der Waals surface area (Å²) < 4.78 is 36.2. The highest BCUT2D eigenvalue weighted by atomic mass is 32.2. The minimum absolute atomic E-state index is 0.0609. The number of benzene rings is 4. The van der Waals surface area contributed by atoms with Crippen LogP contribution in [-0.4, -0.2) is 52.9 Å². The lowest BCUT2D eigenvalue weighted by atomic mass is 9.96. The number of hydrogen-bond acceptors (Lipinski definition) is 10. The number of aromatic amines is 1. The van der Waals surface area contributed by atoms with Gasteiger partial charge in [-0.2, -0.15) is 5.26 Å². The maximum absolute atomic E-state index is 13.3. The van der Waals surface area contributed by atoms with Gasteiger partial charge in [-0.15, -0.1) is 21.5 Å². The first-order valence-electron chi connectivity index (χ1n) is 19.2. The lowest BCUT2D eigenvalue weighted by molar-refractivity contribution is -0.140. The minimum atomic E-state index is -3.94. The lowest BCUT2D eigenvalue weighted by Crippen LogP contribution is -2.22. The maximum atomic E-state index is 13.3. The summed E-state index contributed by atoms with van der Waals surface area (Å²) in [6.45, 7) is 8.18. The average molecular weight is 837 g/mol. The van der Waals surface area contributed by atoms with Gasteiger partial charge in [0.15, 0.2) is 5.82 Å². The third-order valence-corrected chi connectivity index (χ3v) is 13.4. The summed E-state index contributed by atoms with van der Waals surface area (Å²) in [4.78, 5) is 34.8. The zero-order chi connectivity index (χ0) is 42.3. The van der Waals surface area contributed by atoms with Crippen molar-refractivity contribution < 1.29 is 22.7 Å². The van der Waals surface area contributed by atoms with E-state index in [0.717, 1.165) is 55.5 Å². The van der Waals surface area contributed by atoms with Crippen LogP contribution in [0, 0.1) is 39.0 Å². The van der Waals surface area contributed by atoms with Gasteiger partial charge in [-0.3, -0.25) is 23.9 Å². The van der Waals surface area contributed by atoms with Crippen molar-refractivity contribution in [2.24, 2.45) is 4.99 Å². The number of aromatic nitrogens is 4. The van der Waals surface area contributed by atoms with Gasteiger partial charge in [0.2, 0.25) is 0 Å². The summed E-state index contributed by atoms with van der Waals surface area (Å²) in [5.74, 6) is 0.878. The number of aryl methyl sites for hydroxylation is 3. The number of fused-ring (bicyclic) bond motifs is 4. The molecule has 3 aromatic heterocycles. The number of amides is 1. The molecule has 8 rings (SSSR count). The van der Waals surface area contributed by atoms with E-state index in [2.05, 4.69) is 49.7 Å². The van der Waals surface area contributed by atoms with Crippen LogP contribution in [0.3, 0.4) is 0 Å². The fraction of sp³-hybridized carbons (Fsp3) is 0.200. The minimum Gasteiger partial charge on any atom is -0.469 e. The molecule has 13 nitrogen and oxygen atoms in total. The molecule has 0 saturated carbocycles. The average Bonchev–Trinajstić information content (AvgIpc) is 3.93. The molecule has 0 fully saturated rings. The number of methoxy groups -OCH3 is 1. The van der Waals surface area contributed by atoms with Crippen LogP contribution in [0.15, 0.2) is 101 Å². The van der Waals surface area contributed by atoms with E-state index < -0.39 is 16.1 Å². The number of thiophene rings is 1. The summed E-state index contributed by atoms with van der Waals surface area (Å²) in [7, 11) is -2.56. The number of rotatable bonds is 11. The number of nitriles is 1. The summed E-state index contributed by atoms with van der Waals surface area (Å²) in [5.41, 5.74) is 9.19. The number of esters is 1. The molecule has 4 heterocycles. The smallest absolute Gasteiger partial charge is 0.305 e. The standard InChI is InChI=1S/C45H40N8O5S2/c1-25-6-19-36(42-39(25)34(22-46)24-47-42)52-60(56,57)35-17-7-29(8-18-35)23-48-44(55)33-15-11-31(12-16-33)30-9-13-32(14-10-30)41-40-26(2)27(3)59-45(40)53-28(4)50-51-43(53)37(49-41)20-21-38(54)58-5/h6-19,24,37,47,52H,20-21,23H2,1-5H3,(H,48,55)/t37-/m0/s1. The third-order valence-electron chi connectivity index (χ3n) is 10.8. The highest BCUT2D eigenvalue weighted by molar-refractivity contribution is 7.92. The summed E-state index contributed by atoms with van der Waals surface area (Å²) in [6.07, 6.45) is 2.18. The van der Waals surface area contributed by atoms with Crippen molar-refractivity contribution in [1.29, 1.82) is 5.26 Å². The number of hydrogen-bond donors (Lipinski definition) is 3. The van der Waals surface area contributed by atoms with E-state index in [-0.39, 0.29) is 29.7 Å². The van der Waals surface area contributed by atoms with E-state index in [1.54, 1.807) is 53.9 Å². The summed E-state index contributed by atoms with van der Waals surface area (Å²) in [6, 6.07) is 27.0. The molecule has 1 aliphatic heterocycles. The Kier molecular flexibility index (Phi) is 10.7. The molecule has 0 radical (unpaired) electrons. The molecule has 1 atom stereocenters. The molecule has 0 unspecified atom stereocenters. The van der Waals surface area contributed by atoms with Crippen molar-refractivity contribution in [3.63, 3.8) is 0 Å². The van der Waals surface area contributed by atoms with Gasteiger partial charge in [-0.05, 0) is 92.3 Å². The molecule has 1 amide bonds. The second-order valence-corrected chi connectivity index (χ2v) is 17.5. The van der Waals surface area contributed by atoms with Crippen molar-refractivity contribution in [2.75, 3.05) is 11.8 Å². The monoisotopic (exact) mass is 836 g/mol. The van der Waals surface area contributed by atoms with Gasteiger partial charge in [0.1, 0.15) is 22.9 Å². The van der Waals surface area contributed by atoms with Gasteiger partial charge in [0, 0.05) is 46.1 Å². The van der Waals surface area contributed by atoms with Crippen LogP contribution < -0.4 is 10.0 Å². The van der Waals surface area contributed by atoms with Gasteiger partial charge in [0.05, 0.1) is 34.5 Å². The Morgan fingerprint density at radius 3 is 2.28 bits per heavy atom. The Balaban J connectivity index is 0.944. The predicted molar refractivity (Wildman–Crippen MR) is 231 cm³/mol. The van der Waals surface area contributed by atoms with Gasteiger partial charge < -0.3 is 15.0 Å². The van der Waals surface area contributed by atoms with Crippen molar-refractivity contribution >= 4 is 55.5 Å². The first-order chi connectivity index (χ1) is 28.9. The van der Waals surface area contributed by atoms with E-state index in [1.807, 2.05) is 50.2 Å². The Labute approximate surface area is 350 Å².